The Kier molecular flexibility index (Phi) is 4.48. The molecule has 0 aromatic heterocycles. The first-order chi connectivity index (χ1) is 10.2. The Bertz CT molecular complexity index is 443. The summed E-state index contributed by atoms with van der Waals surface area (Å²) in [6.07, 6.45) is 3.30. The zero-order valence-electron chi connectivity index (χ0n) is 12.9. The molecule has 1 spiro atoms. The van der Waals surface area contributed by atoms with Crippen molar-refractivity contribution in [3.8, 4) is 0 Å². The van der Waals surface area contributed by atoms with Crippen LogP contribution in [0.5, 0.6) is 0 Å². The first-order valence-electron chi connectivity index (χ1n) is 7.97. The van der Waals surface area contributed by atoms with Gasteiger partial charge in [0.05, 0.1) is 24.9 Å². The number of anilines is 1. The molecule has 2 heterocycles. The van der Waals surface area contributed by atoms with Crippen molar-refractivity contribution in [3.05, 3.63) is 30.3 Å². The first-order valence-corrected chi connectivity index (χ1v) is 7.97. The van der Waals surface area contributed by atoms with Crippen LogP contribution in [0.15, 0.2) is 30.3 Å². The minimum atomic E-state index is 0.0691. The Morgan fingerprint density at radius 3 is 2.67 bits per heavy atom. The highest BCUT2D eigenvalue weighted by Crippen LogP contribution is 2.38. The van der Waals surface area contributed by atoms with Crippen LogP contribution in [0.3, 0.4) is 0 Å². The number of β-amino-alcohol motifs (C(OH)–C–C–N with tert-alkyl or cyclic N) is 1. The maximum Gasteiger partial charge on any atom is 0.0728 e. The molecule has 0 radical (unpaired) electrons. The Labute approximate surface area is 127 Å². The Morgan fingerprint density at radius 1 is 1.29 bits per heavy atom. The summed E-state index contributed by atoms with van der Waals surface area (Å²) in [4.78, 5) is 4.69. The van der Waals surface area contributed by atoms with Crippen LogP contribution in [0.1, 0.15) is 19.3 Å². The molecule has 1 aromatic carbocycles. The van der Waals surface area contributed by atoms with Crippen LogP contribution in [0.2, 0.25) is 0 Å². The molecule has 2 aliphatic rings. The number of ether oxygens (including phenoxy) is 1. The molecule has 1 atom stereocenters. The van der Waals surface area contributed by atoms with Crippen LogP contribution in [0.25, 0.3) is 0 Å². The van der Waals surface area contributed by atoms with Gasteiger partial charge in [-0.2, -0.15) is 0 Å². The van der Waals surface area contributed by atoms with Crippen LogP contribution >= 0.6 is 0 Å². The number of benzene rings is 1. The van der Waals surface area contributed by atoms with Gasteiger partial charge in [0.25, 0.3) is 0 Å². The number of aliphatic hydroxyl groups is 1. The molecule has 3 rings (SSSR count). The molecule has 0 saturated carbocycles. The van der Waals surface area contributed by atoms with Gasteiger partial charge in [0.1, 0.15) is 0 Å². The van der Waals surface area contributed by atoms with Crippen molar-refractivity contribution in [1.82, 2.24) is 4.90 Å². The summed E-state index contributed by atoms with van der Waals surface area (Å²) in [5.41, 5.74) is 1.33. The zero-order chi connectivity index (χ0) is 14.7. The van der Waals surface area contributed by atoms with Gasteiger partial charge in [0, 0.05) is 32.4 Å². The summed E-state index contributed by atoms with van der Waals surface area (Å²) < 4.78 is 6.23. The number of likely N-dealkylation sites (tertiary alicyclic amines) is 1. The van der Waals surface area contributed by atoms with Crippen LogP contribution in [-0.2, 0) is 4.74 Å². The molecule has 0 bridgehead atoms. The molecule has 116 valence electrons. The van der Waals surface area contributed by atoms with Gasteiger partial charge in [-0.3, -0.25) is 0 Å². The van der Waals surface area contributed by atoms with Crippen molar-refractivity contribution in [2.24, 2.45) is 0 Å². The van der Waals surface area contributed by atoms with Crippen molar-refractivity contribution in [1.29, 1.82) is 0 Å². The lowest BCUT2D eigenvalue weighted by Crippen LogP contribution is -2.45. The number of hydrogen-bond acceptors (Lipinski definition) is 4. The summed E-state index contributed by atoms with van der Waals surface area (Å²) in [5.74, 6) is 0. The molecule has 21 heavy (non-hydrogen) atoms. The molecule has 0 amide bonds. The van der Waals surface area contributed by atoms with Crippen LogP contribution in [-0.4, -0.2) is 61.5 Å². The lowest BCUT2D eigenvalue weighted by atomic mass is 9.87. The molecule has 2 fully saturated rings. The van der Waals surface area contributed by atoms with Gasteiger partial charge < -0.3 is 19.6 Å². The quantitative estimate of drug-likeness (QED) is 0.916. The second-order valence-corrected chi connectivity index (χ2v) is 6.36. The van der Waals surface area contributed by atoms with Gasteiger partial charge in [0.2, 0.25) is 0 Å². The summed E-state index contributed by atoms with van der Waals surface area (Å²) >= 11 is 0. The first kappa shape index (κ1) is 14.8. The number of rotatable bonds is 4. The Balaban J connectivity index is 1.58. The third-order valence-corrected chi connectivity index (χ3v) is 5.08. The highest BCUT2D eigenvalue weighted by Gasteiger charge is 2.43. The molecule has 2 aliphatic heterocycles. The van der Waals surface area contributed by atoms with Crippen molar-refractivity contribution in [3.63, 3.8) is 0 Å². The van der Waals surface area contributed by atoms with Gasteiger partial charge in [0.15, 0.2) is 0 Å². The fraction of sp³-hybridized carbons (Fsp3) is 0.647. The van der Waals surface area contributed by atoms with Crippen LogP contribution in [0.4, 0.5) is 5.69 Å². The monoisotopic (exact) mass is 290 g/mol. The summed E-state index contributed by atoms with van der Waals surface area (Å²) in [7, 11) is 2.17. The molecular weight excluding hydrogens is 264 g/mol. The fourth-order valence-corrected chi connectivity index (χ4v) is 3.62. The van der Waals surface area contributed by atoms with E-state index in [4.69, 9.17) is 9.84 Å². The molecule has 1 unspecified atom stereocenters. The van der Waals surface area contributed by atoms with E-state index in [1.165, 1.54) is 5.69 Å². The molecule has 1 aromatic rings. The molecular formula is C17H26N2O2. The standard InChI is InChI=1S/C17H26N2O2/c1-18(15-5-3-2-4-6-15)16-13-17(21-14-16)7-9-19(10-8-17)11-12-20/h2-6,16,20H,7-14H2,1H3. The fourth-order valence-electron chi connectivity index (χ4n) is 3.62. The third kappa shape index (κ3) is 3.23. The smallest absolute Gasteiger partial charge is 0.0728 e. The molecule has 4 nitrogen and oxygen atoms in total. The van der Waals surface area contributed by atoms with E-state index in [0.717, 1.165) is 45.5 Å². The lowest BCUT2D eigenvalue weighted by molar-refractivity contribution is -0.0451. The average molecular weight is 290 g/mol. The van der Waals surface area contributed by atoms with Crippen LogP contribution < -0.4 is 4.90 Å². The lowest BCUT2D eigenvalue weighted by Gasteiger charge is -2.38. The van der Waals surface area contributed by atoms with E-state index in [9.17, 15) is 0 Å². The second-order valence-electron chi connectivity index (χ2n) is 6.36. The highest BCUT2D eigenvalue weighted by atomic mass is 16.5. The second kappa shape index (κ2) is 6.34. The van der Waals surface area contributed by atoms with E-state index >= 15 is 0 Å². The molecule has 1 N–H and O–H groups in total. The minimum absolute atomic E-state index is 0.0691. The van der Waals surface area contributed by atoms with Gasteiger partial charge in [-0.15, -0.1) is 0 Å². The molecule has 0 aliphatic carbocycles. The molecule has 2 saturated heterocycles. The largest absolute Gasteiger partial charge is 0.395 e. The van der Waals surface area contributed by atoms with E-state index in [1.807, 2.05) is 0 Å². The Hall–Kier alpha value is -1.10. The Morgan fingerprint density at radius 2 is 2.00 bits per heavy atom. The highest BCUT2D eigenvalue weighted by molar-refractivity contribution is 5.46. The van der Waals surface area contributed by atoms with Gasteiger partial charge in [-0.25, -0.2) is 0 Å². The summed E-state index contributed by atoms with van der Waals surface area (Å²) in [5, 5.41) is 9.04. The van der Waals surface area contributed by atoms with E-state index in [2.05, 4.69) is 47.2 Å². The van der Waals surface area contributed by atoms with Crippen molar-refractivity contribution in [2.75, 3.05) is 44.8 Å². The summed E-state index contributed by atoms with van der Waals surface area (Å²) in [6.45, 7) is 3.96. The van der Waals surface area contributed by atoms with Gasteiger partial charge in [-0.1, -0.05) is 18.2 Å². The number of para-hydroxylation sites is 1. The average Bonchev–Trinajstić information content (AvgIpc) is 2.94. The van der Waals surface area contributed by atoms with Gasteiger partial charge >= 0.3 is 0 Å². The maximum absolute atomic E-state index is 9.04. The van der Waals surface area contributed by atoms with E-state index in [-0.39, 0.29) is 12.2 Å². The van der Waals surface area contributed by atoms with E-state index in [1.54, 1.807) is 0 Å². The van der Waals surface area contributed by atoms with E-state index in [0.29, 0.717) is 6.04 Å². The number of piperidine rings is 1. The summed E-state index contributed by atoms with van der Waals surface area (Å²) in [6, 6.07) is 11.0. The minimum Gasteiger partial charge on any atom is -0.395 e. The predicted octanol–water partition coefficient (Wildman–Crippen LogP) is 1.74. The number of likely N-dealkylation sites (N-methyl/N-ethyl adjacent to an activating group) is 1. The van der Waals surface area contributed by atoms with Crippen molar-refractivity contribution < 1.29 is 9.84 Å². The SMILES string of the molecule is CN(c1ccccc1)C1COC2(CCN(CCO)CC2)C1. The predicted molar refractivity (Wildman–Crippen MR) is 84.7 cm³/mol. The van der Waals surface area contributed by atoms with Crippen molar-refractivity contribution >= 4 is 5.69 Å². The maximum atomic E-state index is 9.04. The number of aliphatic hydroxyl groups excluding tert-OH is 1. The number of hydrogen-bond donors (Lipinski definition) is 1. The van der Waals surface area contributed by atoms with Gasteiger partial charge in [-0.05, 0) is 31.4 Å². The third-order valence-electron chi connectivity index (χ3n) is 5.08. The van der Waals surface area contributed by atoms with E-state index < -0.39 is 0 Å². The molecule has 4 heteroatoms. The van der Waals surface area contributed by atoms with Crippen molar-refractivity contribution in [2.45, 2.75) is 30.9 Å². The number of nitrogens with zero attached hydrogens (tertiary/aromatic N) is 2. The van der Waals surface area contributed by atoms with Crippen LogP contribution in [0, 0.1) is 0 Å². The normalized spacial score (nSPS) is 25.3. The topological polar surface area (TPSA) is 35.9 Å². The zero-order valence-corrected chi connectivity index (χ0v) is 12.9.